The molecule has 0 bridgehead atoms. The molecule has 0 spiro atoms. The van der Waals surface area contributed by atoms with Crippen LogP contribution in [0.15, 0.2) is 45.7 Å². The number of rotatable bonds is 6. The quantitative estimate of drug-likeness (QED) is 0.399. The minimum absolute atomic E-state index is 0.0666. The maximum Gasteiger partial charge on any atom is 0.271 e. The summed E-state index contributed by atoms with van der Waals surface area (Å²) in [6.45, 7) is 1.78. The molecule has 3 rings (SSSR count). The number of carbonyl (C=O) groups excluding carboxylic acids is 2. The Kier molecular flexibility index (Phi) is 5.53. The van der Waals surface area contributed by atoms with Crippen molar-refractivity contribution in [2.45, 2.75) is 18.5 Å². The molecule has 1 aromatic carbocycles. The Bertz CT molecular complexity index is 1020. The zero-order chi connectivity index (χ0) is 18.7. The molecular weight excluding hydrogens is 370 g/mol. The van der Waals surface area contributed by atoms with Crippen molar-refractivity contribution in [1.29, 1.82) is 0 Å². The van der Waals surface area contributed by atoms with Gasteiger partial charge in [0.1, 0.15) is 4.70 Å². The summed E-state index contributed by atoms with van der Waals surface area (Å²) in [5.74, 6) is 0.0369. The Morgan fingerprint density at radius 3 is 2.65 bits per heavy atom. The predicted molar refractivity (Wildman–Crippen MR) is 105 cm³/mol. The molecule has 0 saturated carbocycles. The molecule has 0 atom stereocenters. The van der Waals surface area contributed by atoms with Crippen LogP contribution >= 0.6 is 23.1 Å². The van der Waals surface area contributed by atoms with E-state index in [1.54, 1.807) is 44.3 Å². The van der Waals surface area contributed by atoms with Crippen LogP contribution < -0.4 is 10.9 Å². The summed E-state index contributed by atoms with van der Waals surface area (Å²) in [4.78, 5) is 40.5. The Labute approximate surface area is 158 Å². The number of amides is 1. The number of ketones is 1. The first-order chi connectivity index (χ1) is 12.5. The van der Waals surface area contributed by atoms with Crippen molar-refractivity contribution in [3.8, 4) is 0 Å². The van der Waals surface area contributed by atoms with Gasteiger partial charge in [0.15, 0.2) is 10.9 Å². The van der Waals surface area contributed by atoms with Crippen molar-refractivity contribution < 1.29 is 9.59 Å². The van der Waals surface area contributed by atoms with Gasteiger partial charge in [0, 0.05) is 24.7 Å². The van der Waals surface area contributed by atoms with E-state index in [9.17, 15) is 14.4 Å². The van der Waals surface area contributed by atoms with Gasteiger partial charge in [0.2, 0.25) is 5.91 Å². The molecule has 8 heteroatoms. The summed E-state index contributed by atoms with van der Waals surface area (Å²) in [5, 5.41) is 5.09. The van der Waals surface area contributed by atoms with Crippen LogP contribution in [-0.2, 0) is 11.8 Å². The highest BCUT2D eigenvalue weighted by Gasteiger charge is 2.13. The fourth-order valence-electron chi connectivity index (χ4n) is 2.30. The number of benzene rings is 1. The van der Waals surface area contributed by atoms with Gasteiger partial charge >= 0.3 is 0 Å². The fourth-order valence-corrected chi connectivity index (χ4v) is 3.97. The van der Waals surface area contributed by atoms with Gasteiger partial charge in [-0.1, -0.05) is 18.7 Å². The van der Waals surface area contributed by atoms with Crippen LogP contribution in [0, 0.1) is 0 Å². The number of fused-ring (bicyclic) bond motifs is 1. The minimum Gasteiger partial charge on any atom is -0.326 e. The molecule has 2 aromatic heterocycles. The Balaban J connectivity index is 1.70. The third kappa shape index (κ3) is 3.86. The first-order valence-corrected chi connectivity index (χ1v) is 9.86. The van der Waals surface area contributed by atoms with Crippen LogP contribution in [0.1, 0.15) is 23.7 Å². The average Bonchev–Trinajstić information content (AvgIpc) is 3.12. The number of thioether (sulfide) groups is 1. The lowest BCUT2D eigenvalue weighted by molar-refractivity contribution is -0.115. The number of Topliss-reactive ketones (excluding diaryl/α,β-unsaturated/α-hetero) is 1. The highest BCUT2D eigenvalue weighted by molar-refractivity contribution is 7.99. The van der Waals surface area contributed by atoms with Crippen LogP contribution in [-0.4, -0.2) is 27.0 Å². The highest BCUT2D eigenvalue weighted by Crippen LogP contribution is 2.21. The summed E-state index contributed by atoms with van der Waals surface area (Å²) in [6.07, 6.45) is 0.400. The van der Waals surface area contributed by atoms with Crippen molar-refractivity contribution in [1.82, 2.24) is 9.55 Å². The number of anilines is 1. The van der Waals surface area contributed by atoms with E-state index in [1.165, 1.54) is 27.7 Å². The second kappa shape index (κ2) is 7.84. The van der Waals surface area contributed by atoms with E-state index in [-0.39, 0.29) is 23.0 Å². The van der Waals surface area contributed by atoms with E-state index >= 15 is 0 Å². The second-order valence-corrected chi connectivity index (χ2v) is 7.44. The molecule has 1 N–H and O–H groups in total. The zero-order valence-corrected chi connectivity index (χ0v) is 15.9. The first kappa shape index (κ1) is 18.3. The van der Waals surface area contributed by atoms with Crippen LogP contribution in [0.25, 0.3) is 10.2 Å². The number of aromatic nitrogens is 2. The normalized spacial score (nSPS) is 10.8. The van der Waals surface area contributed by atoms with E-state index in [4.69, 9.17) is 0 Å². The Morgan fingerprint density at radius 2 is 1.96 bits per heavy atom. The lowest BCUT2D eigenvalue weighted by Crippen LogP contribution is -2.19. The number of nitrogens with zero attached hydrogens (tertiary/aromatic N) is 2. The van der Waals surface area contributed by atoms with Gasteiger partial charge in [-0.25, -0.2) is 4.98 Å². The first-order valence-electron chi connectivity index (χ1n) is 7.99. The predicted octanol–water partition coefficient (Wildman–Crippen LogP) is 3.32. The molecule has 0 aliphatic carbocycles. The van der Waals surface area contributed by atoms with E-state index in [2.05, 4.69) is 10.3 Å². The number of nitrogens with one attached hydrogen (secondary N) is 1. The minimum atomic E-state index is -0.101. The molecule has 0 fully saturated rings. The van der Waals surface area contributed by atoms with Gasteiger partial charge in [-0.15, -0.1) is 11.3 Å². The summed E-state index contributed by atoms with van der Waals surface area (Å²) >= 11 is 2.60. The lowest BCUT2D eigenvalue weighted by Gasteiger charge is -2.07. The van der Waals surface area contributed by atoms with E-state index < -0.39 is 0 Å². The third-order valence-corrected chi connectivity index (χ3v) is 5.71. The van der Waals surface area contributed by atoms with E-state index in [0.717, 1.165) is 0 Å². The van der Waals surface area contributed by atoms with Crippen molar-refractivity contribution in [2.24, 2.45) is 7.05 Å². The molecule has 0 aliphatic heterocycles. The molecule has 6 nitrogen and oxygen atoms in total. The number of carbonyl (C=O) groups is 2. The summed E-state index contributed by atoms with van der Waals surface area (Å²) in [6, 6.07) is 8.58. The fraction of sp³-hybridized carbons (Fsp3) is 0.222. The maximum atomic E-state index is 12.4. The molecule has 3 aromatic rings. The molecule has 1 amide bonds. The number of hydrogen-bond donors (Lipinski definition) is 1. The molecule has 134 valence electrons. The van der Waals surface area contributed by atoms with E-state index in [0.29, 0.717) is 33.0 Å². The van der Waals surface area contributed by atoms with Crippen molar-refractivity contribution >= 4 is 50.7 Å². The van der Waals surface area contributed by atoms with Crippen LogP contribution in [0.2, 0.25) is 0 Å². The molecule has 0 aliphatic rings. The van der Waals surface area contributed by atoms with Gasteiger partial charge in [0.25, 0.3) is 5.56 Å². The van der Waals surface area contributed by atoms with Crippen molar-refractivity contribution in [3.63, 3.8) is 0 Å². The van der Waals surface area contributed by atoms with Crippen LogP contribution in [0.4, 0.5) is 5.69 Å². The van der Waals surface area contributed by atoms with Gasteiger partial charge in [0.05, 0.1) is 11.3 Å². The third-order valence-electron chi connectivity index (χ3n) is 3.79. The van der Waals surface area contributed by atoms with Gasteiger partial charge in [-0.2, -0.15) is 0 Å². The molecule has 0 saturated heterocycles. The van der Waals surface area contributed by atoms with Gasteiger partial charge in [-0.05, 0) is 35.7 Å². The zero-order valence-electron chi connectivity index (χ0n) is 14.3. The van der Waals surface area contributed by atoms with Gasteiger partial charge in [-0.3, -0.25) is 19.0 Å². The van der Waals surface area contributed by atoms with E-state index in [1.807, 2.05) is 5.38 Å². The summed E-state index contributed by atoms with van der Waals surface area (Å²) in [5.41, 5.74) is 1.77. The molecular formula is C18H17N3O3S2. The molecule has 0 radical (unpaired) electrons. The second-order valence-electron chi connectivity index (χ2n) is 5.58. The van der Waals surface area contributed by atoms with Gasteiger partial charge < -0.3 is 5.32 Å². The molecule has 0 unspecified atom stereocenters. The lowest BCUT2D eigenvalue weighted by atomic mass is 10.1. The van der Waals surface area contributed by atoms with Crippen LogP contribution in [0.5, 0.6) is 0 Å². The average molecular weight is 387 g/mol. The molecule has 2 heterocycles. The maximum absolute atomic E-state index is 12.4. The summed E-state index contributed by atoms with van der Waals surface area (Å²) < 4.78 is 2.09. The molecule has 26 heavy (non-hydrogen) atoms. The topological polar surface area (TPSA) is 81.1 Å². The monoisotopic (exact) mass is 387 g/mol. The Hall–Kier alpha value is -2.45. The van der Waals surface area contributed by atoms with Crippen molar-refractivity contribution in [3.05, 3.63) is 51.6 Å². The van der Waals surface area contributed by atoms with Crippen molar-refractivity contribution in [2.75, 3.05) is 11.1 Å². The van der Waals surface area contributed by atoms with Crippen LogP contribution in [0.3, 0.4) is 0 Å². The number of thiophene rings is 1. The largest absolute Gasteiger partial charge is 0.326 e. The Morgan fingerprint density at radius 1 is 1.23 bits per heavy atom. The SMILES string of the molecule is CCC(=O)Nc1ccc(C(=O)CSc2nc3ccsc3c(=O)n2C)cc1. The highest BCUT2D eigenvalue weighted by atomic mass is 32.2. The summed E-state index contributed by atoms with van der Waals surface area (Å²) in [7, 11) is 1.66. The smallest absolute Gasteiger partial charge is 0.271 e. The number of hydrogen-bond acceptors (Lipinski definition) is 6. The standard InChI is InChI=1S/C18H17N3O3S2/c1-3-15(23)19-12-6-4-11(5-7-12)14(22)10-26-18-20-13-8-9-25-16(13)17(24)21(18)2/h4-9H,3,10H2,1-2H3,(H,19,23).